The van der Waals surface area contributed by atoms with Crippen molar-refractivity contribution in [2.24, 2.45) is 11.7 Å². The van der Waals surface area contributed by atoms with Crippen molar-refractivity contribution in [2.45, 2.75) is 57.0 Å². The molecule has 0 unspecified atom stereocenters. The Balaban J connectivity index is 0.00000145. The summed E-state index contributed by atoms with van der Waals surface area (Å²) in [5.41, 5.74) is 6.56. The lowest BCUT2D eigenvalue weighted by Crippen LogP contribution is -2.44. The van der Waals surface area contributed by atoms with Crippen LogP contribution in [0.2, 0.25) is 0 Å². The van der Waals surface area contributed by atoms with Crippen molar-refractivity contribution in [1.29, 1.82) is 0 Å². The maximum Gasteiger partial charge on any atom is 0.253 e. The van der Waals surface area contributed by atoms with Crippen molar-refractivity contribution < 1.29 is 18.4 Å². The third kappa shape index (κ3) is 6.23. The fourth-order valence-corrected chi connectivity index (χ4v) is 4.39. The maximum atomic E-state index is 13.4. The monoisotopic (exact) mass is 409 g/mol. The molecule has 1 aliphatic heterocycles. The van der Waals surface area contributed by atoms with Crippen LogP contribution in [0.15, 0.2) is 24.3 Å². The Kier molecular flexibility index (Phi) is 9.01. The molecule has 1 heterocycles. The minimum Gasteiger partial charge on any atom is -0.341 e. The summed E-state index contributed by atoms with van der Waals surface area (Å²) in [5, 5.41) is 0. The van der Waals surface area contributed by atoms with Gasteiger partial charge in [-0.1, -0.05) is 6.07 Å². The Morgan fingerprint density at radius 1 is 1.17 bits per heavy atom. The Bertz CT molecular complexity index is 672. The van der Waals surface area contributed by atoms with E-state index in [1.54, 1.807) is 24.1 Å². The van der Waals surface area contributed by atoms with Gasteiger partial charge in [0.15, 0.2) is 0 Å². The zero-order chi connectivity index (χ0) is 21.4. The first kappa shape index (κ1) is 23.3. The van der Waals surface area contributed by atoms with Crippen LogP contribution in [0.5, 0.6) is 0 Å². The van der Waals surface area contributed by atoms with Crippen LogP contribution in [0.4, 0.5) is 8.78 Å². The number of likely N-dealkylation sites (tertiary alicyclic amines) is 1. The summed E-state index contributed by atoms with van der Waals surface area (Å²) < 4.78 is 22.9. The highest BCUT2D eigenvalue weighted by Crippen LogP contribution is 2.31. The number of nitrogens with two attached hydrogens (primary N) is 1. The summed E-state index contributed by atoms with van der Waals surface area (Å²) in [6, 6.07) is 5.59. The van der Waals surface area contributed by atoms with Crippen LogP contribution in [0.3, 0.4) is 0 Å². The lowest BCUT2D eigenvalue weighted by Gasteiger charge is -2.35. The summed E-state index contributed by atoms with van der Waals surface area (Å²) in [6.07, 6.45) is 6.60. The Hall–Kier alpha value is -2.02. The smallest absolute Gasteiger partial charge is 0.253 e. The summed E-state index contributed by atoms with van der Waals surface area (Å²) >= 11 is 0. The number of nitrogens with zero attached hydrogens (tertiary/aromatic N) is 2. The normalized spacial score (nSPS) is 22.4. The largest absolute Gasteiger partial charge is 0.341 e. The SMILES string of the molecule is CF.CN(C(=O)c1cccc(F)c1)C1CCC(C[C@H](N)C(=O)N2CCCC2)CC1. The van der Waals surface area contributed by atoms with Gasteiger partial charge in [0, 0.05) is 31.7 Å². The van der Waals surface area contributed by atoms with Gasteiger partial charge in [-0.3, -0.25) is 14.0 Å². The molecule has 1 aliphatic carbocycles. The molecule has 2 fully saturated rings. The lowest BCUT2D eigenvalue weighted by molar-refractivity contribution is -0.132. The molecule has 1 aromatic carbocycles. The van der Waals surface area contributed by atoms with Gasteiger partial charge in [0.25, 0.3) is 5.91 Å². The summed E-state index contributed by atoms with van der Waals surface area (Å²) in [6.45, 7) is 1.68. The van der Waals surface area contributed by atoms with Crippen molar-refractivity contribution in [1.82, 2.24) is 9.80 Å². The van der Waals surface area contributed by atoms with E-state index in [1.807, 2.05) is 4.90 Å². The van der Waals surface area contributed by atoms with E-state index in [0.29, 0.717) is 18.7 Å². The predicted octanol–water partition coefficient (Wildman–Crippen LogP) is 3.38. The molecule has 0 spiro atoms. The summed E-state index contributed by atoms with van der Waals surface area (Å²) in [5.74, 6) is -0.0121. The van der Waals surface area contributed by atoms with Gasteiger partial charge in [-0.15, -0.1) is 0 Å². The molecule has 7 heteroatoms. The molecule has 1 saturated carbocycles. The molecule has 5 nitrogen and oxygen atoms in total. The number of benzene rings is 1. The van der Waals surface area contributed by atoms with Crippen molar-refractivity contribution >= 4 is 11.8 Å². The molecule has 1 saturated heterocycles. The second-order valence-corrected chi connectivity index (χ2v) is 7.98. The predicted molar refractivity (Wildman–Crippen MR) is 110 cm³/mol. The van der Waals surface area contributed by atoms with Gasteiger partial charge in [-0.25, -0.2) is 4.39 Å². The molecule has 3 rings (SSSR count). The molecule has 1 atom stereocenters. The lowest BCUT2D eigenvalue weighted by atomic mass is 9.81. The van der Waals surface area contributed by atoms with Gasteiger partial charge < -0.3 is 15.5 Å². The number of hydrogen-bond donors (Lipinski definition) is 1. The van der Waals surface area contributed by atoms with Crippen LogP contribution in [-0.2, 0) is 4.79 Å². The van der Waals surface area contributed by atoms with Crippen LogP contribution < -0.4 is 5.73 Å². The molecule has 2 N–H and O–H groups in total. The van der Waals surface area contributed by atoms with E-state index in [0.717, 1.165) is 58.0 Å². The van der Waals surface area contributed by atoms with Crippen molar-refractivity contribution in [3.63, 3.8) is 0 Å². The third-order valence-electron chi connectivity index (χ3n) is 6.08. The van der Waals surface area contributed by atoms with Crippen LogP contribution >= 0.6 is 0 Å². The Morgan fingerprint density at radius 3 is 2.38 bits per heavy atom. The molecule has 0 bridgehead atoms. The van der Waals surface area contributed by atoms with E-state index in [4.69, 9.17) is 5.73 Å². The Morgan fingerprint density at radius 2 is 1.79 bits per heavy atom. The fourth-order valence-electron chi connectivity index (χ4n) is 4.39. The van der Waals surface area contributed by atoms with E-state index >= 15 is 0 Å². The minimum atomic E-state index is -0.406. The molecule has 2 aliphatic rings. The first-order valence-corrected chi connectivity index (χ1v) is 10.4. The van der Waals surface area contributed by atoms with Gasteiger partial charge in [-0.05, 0) is 69.1 Å². The van der Waals surface area contributed by atoms with E-state index in [-0.39, 0.29) is 17.9 Å². The van der Waals surface area contributed by atoms with Crippen LogP contribution in [0.1, 0.15) is 55.3 Å². The molecular weight excluding hydrogens is 376 g/mol. The van der Waals surface area contributed by atoms with E-state index < -0.39 is 11.9 Å². The summed E-state index contributed by atoms with van der Waals surface area (Å²) in [4.78, 5) is 28.6. The van der Waals surface area contributed by atoms with Crippen molar-refractivity contribution in [2.75, 3.05) is 27.3 Å². The molecule has 29 heavy (non-hydrogen) atoms. The zero-order valence-electron chi connectivity index (χ0n) is 17.4. The third-order valence-corrected chi connectivity index (χ3v) is 6.08. The quantitative estimate of drug-likeness (QED) is 0.811. The summed E-state index contributed by atoms with van der Waals surface area (Å²) in [7, 11) is 2.29. The maximum absolute atomic E-state index is 13.4. The van der Waals surface area contributed by atoms with Crippen LogP contribution in [-0.4, -0.2) is 61.0 Å². The van der Waals surface area contributed by atoms with Gasteiger partial charge in [0.05, 0.1) is 13.2 Å². The second kappa shape index (κ2) is 11.2. The number of halogens is 2. The number of alkyl halides is 1. The van der Waals surface area contributed by atoms with Crippen LogP contribution in [0, 0.1) is 11.7 Å². The molecular formula is C22H33F2N3O2. The van der Waals surface area contributed by atoms with E-state index in [1.165, 1.54) is 12.1 Å². The first-order chi connectivity index (χ1) is 14.0. The highest BCUT2D eigenvalue weighted by atomic mass is 19.1. The number of carbonyl (C=O) groups excluding carboxylic acids is 2. The van der Waals surface area contributed by atoms with E-state index in [2.05, 4.69) is 0 Å². The molecule has 1 aromatic rings. The molecule has 162 valence electrons. The average Bonchev–Trinajstić information content (AvgIpc) is 3.29. The van der Waals surface area contributed by atoms with E-state index in [9.17, 15) is 18.4 Å². The Labute approximate surface area is 172 Å². The second-order valence-electron chi connectivity index (χ2n) is 7.98. The first-order valence-electron chi connectivity index (χ1n) is 10.4. The van der Waals surface area contributed by atoms with Gasteiger partial charge in [-0.2, -0.15) is 0 Å². The number of rotatable bonds is 5. The standard InChI is InChI=1S/C21H30FN3O2.CH3F/c1-24(20(26)16-5-4-6-17(22)14-16)18-9-7-15(8-10-18)13-19(23)21(27)25-11-2-3-12-25;1-2/h4-6,14-15,18-19H,2-3,7-13,23H2,1H3;1H3/t15?,18?,19-;/m0./s1. The highest BCUT2D eigenvalue weighted by molar-refractivity contribution is 5.94. The van der Waals surface area contributed by atoms with Gasteiger partial charge in [0.1, 0.15) is 5.82 Å². The van der Waals surface area contributed by atoms with Gasteiger partial charge in [0.2, 0.25) is 5.91 Å². The molecule has 2 amide bonds. The number of carbonyl (C=O) groups is 2. The molecule has 0 radical (unpaired) electrons. The average molecular weight is 410 g/mol. The van der Waals surface area contributed by atoms with Gasteiger partial charge >= 0.3 is 0 Å². The van der Waals surface area contributed by atoms with Crippen LogP contribution in [0.25, 0.3) is 0 Å². The highest BCUT2D eigenvalue weighted by Gasteiger charge is 2.30. The number of amides is 2. The van der Waals surface area contributed by atoms with Crippen molar-refractivity contribution in [3.8, 4) is 0 Å². The zero-order valence-corrected chi connectivity index (χ0v) is 17.4. The van der Waals surface area contributed by atoms with Crippen molar-refractivity contribution in [3.05, 3.63) is 35.6 Å². The number of hydrogen-bond acceptors (Lipinski definition) is 3. The molecule has 0 aromatic heterocycles. The minimum absolute atomic E-state index is 0.0908. The topological polar surface area (TPSA) is 66.6 Å². The fraction of sp³-hybridized carbons (Fsp3) is 0.636.